The summed E-state index contributed by atoms with van der Waals surface area (Å²) in [6.07, 6.45) is -12.5. The third kappa shape index (κ3) is 4.79. The molecule has 0 radical (unpaired) electrons. The molecule has 23 heavy (non-hydrogen) atoms. The summed E-state index contributed by atoms with van der Waals surface area (Å²) in [6, 6.07) is 0. The van der Waals surface area contributed by atoms with Gasteiger partial charge in [0.15, 0.2) is 0 Å². The van der Waals surface area contributed by atoms with Crippen molar-refractivity contribution in [1.82, 2.24) is 0 Å². The molecule has 0 amide bonds. The molecule has 9 N–H and O–H groups in total. The summed E-state index contributed by atoms with van der Waals surface area (Å²) in [7, 11) is 0. The summed E-state index contributed by atoms with van der Waals surface area (Å²) in [5.41, 5.74) is 0. The van der Waals surface area contributed by atoms with Crippen molar-refractivity contribution in [3.63, 3.8) is 0 Å². The maximum absolute atomic E-state index is 9.95. The van der Waals surface area contributed by atoms with Gasteiger partial charge in [0.2, 0.25) is 0 Å². The average molecular weight is 342 g/mol. The molecule has 0 aromatic carbocycles. The number of aliphatic hydroxyl groups is 9. The molecule has 0 aromatic rings. The Morgan fingerprint density at radius 2 is 1.39 bits per heavy atom. The predicted octanol–water partition coefficient (Wildman–Crippen LogP) is -5.10. The van der Waals surface area contributed by atoms with Crippen molar-refractivity contribution in [2.45, 2.75) is 55.3 Å². The van der Waals surface area contributed by atoms with Gasteiger partial charge in [-0.25, -0.2) is 0 Å². The highest BCUT2D eigenvalue weighted by Crippen LogP contribution is 2.29. The fourth-order valence-electron chi connectivity index (χ4n) is 2.63. The quantitative estimate of drug-likeness (QED) is 0.206. The first-order valence-electron chi connectivity index (χ1n) is 7.34. The molecule has 0 heterocycles. The molecule has 1 rings (SSSR count). The minimum Gasteiger partial charge on any atom is -0.396 e. The molecule has 9 atom stereocenters. The number of ether oxygens (including phenoxy) is 1. The predicted molar refractivity (Wildman–Crippen MR) is 74.1 cm³/mol. The van der Waals surface area contributed by atoms with Crippen LogP contribution in [0.4, 0.5) is 0 Å². The summed E-state index contributed by atoms with van der Waals surface area (Å²) in [5, 5.41) is 85.6. The van der Waals surface area contributed by atoms with Gasteiger partial charge in [-0.1, -0.05) is 0 Å². The zero-order chi connectivity index (χ0) is 17.7. The molecule has 0 saturated heterocycles. The lowest BCUT2D eigenvalue weighted by atomic mass is 9.81. The average Bonchev–Trinajstić information content (AvgIpc) is 2.57. The fraction of sp³-hybridized carbons (Fsp3) is 1.00. The van der Waals surface area contributed by atoms with Gasteiger partial charge in [-0.15, -0.1) is 0 Å². The Kier molecular flexibility index (Phi) is 8.24. The molecule has 1 aliphatic rings. The number of hydrogen-bond donors (Lipinski definition) is 9. The Labute approximate surface area is 132 Å². The molecule has 1 fully saturated rings. The van der Waals surface area contributed by atoms with E-state index in [4.69, 9.17) is 14.9 Å². The van der Waals surface area contributed by atoms with Crippen LogP contribution in [0.5, 0.6) is 0 Å². The molecule has 138 valence electrons. The third-order valence-electron chi connectivity index (χ3n) is 4.15. The van der Waals surface area contributed by atoms with Crippen LogP contribution in [-0.4, -0.2) is 115 Å². The molecule has 0 aliphatic heterocycles. The smallest absolute Gasteiger partial charge is 0.115 e. The van der Waals surface area contributed by atoms with Gasteiger partial charge in [-0.3, -0.25) is 0 Å². The SMILES string of the molecule is OC[C@H]1C[C@H](O[C@@H]([C@H](O)[C@H](O)CO)[C@H](O)CO)[C@H](O)[C@@H](O)[C@@H]1O. The van der Waals surface area contributed by atoms with Gasteiger partial charge < -0.3 is 50.7 Å². The van der Waals surface area contributed by atoms with Crippen LogP contribution in [0.3, 0.4) is 0 Å². The highest BCUT2D eigenvalue weighted by atomic mass is 16.5. The minimum absolute atomic E-state index is 0.0908. The summed E-state index contributed by atoms with van der Waals surface area (Å²) in [6.45, 7) is -2.13. The summed E-state index contributed by atoms with van der Waals surface area (Å²) < 4.78 is 5.33. The normalized spacial score (nSPS) is 37.2. The Morgan fingerprint density at radius 1 is 0.826 bits per heavy atom. The largest absolute Gasteiger partial charge is 0.396 e. The molecule has 10 heteroatoms. The van der Waals surface area contributed by atoms with Crippen LogP contribution in [0.25, 0.3) is 0 Å². The van der Waals surface area contributed by atoms with E-state index >= 15 is 0 Å². The second-order valence-electron chi connectivity index (χ2n) is 5.78. The van der Waals surface area contributed by atoms with E-state index in [1.165, 1.54) is 0 Å². The highest BCUT2D eigenvalue weighted by Gasteiger charge is 2.45. The molecular weight excluding hydrogens is 316 g/mol. The van der Waals surface area contributed by atoms with Crippen LogP contribution < -0.4 is 0 Å². The maximum atomic E-state index is 9.95. The van der Waals surface area contributed by atoms with Crippen molar-refractivity contribution in [3.8, 4) is 0 Å². The molecule has 0 spiro atoms. The molecular formula is C13H26O10. The molecule has 1 aliphatic carbocycles. The van der Waals surface area contributed by atoms with Gasteiger partial charge in [0.05, 0.1) is 25.4 Å². The van der Waals surface area contributed by atoms with Crippen molar-refractivity contribution >= 4 is 0 Å². The monoisotopic (exact) mass is 342 g/mol. The van der Waals surface area contributed by atoms with Gasteiger partial charge in [0.25, 0.3) is 0 Å². The molecule has 0 bridgehead atoms. The second-order valence-corrected chi connectivity index (χ2v) is 5.78. The van der Waals surface area contributed by atoms with E-state index in [9.17, 15) is 35.7 Å². The van der Waals surface area contributed by atoms with E-state index in [0.717, 1.165) is 0 Å². The van der Waals surface area contributed by atoms with E-state index in [1.807, 2.05) is 0 Å². The molecule has 0 unspecified atom stereocenters. The van der Waals surface area contributed by atoms with E-state index in [2.05, 4.69) is 0 Å². The van der Waals surface area contributed by atoms with Crippen molar-refractivity contribution in [2.24, 2.45) is 5.92 Å². The first-order chi connectivity index (χ1) is 10.8. The zero-order valence-corrected chi connectivity index (χ0v) is 12.5. The van der Waals surface area contributed by atoms with Crippen molar-refractivity contribution in [1.29, 1.82) is 0 Å². The first-order valence-corrected chi connectivity index (χ1v) is 7.34. The van der Waals surface area contributed by atoms with Crippen molar-refractivity contribution in [2.75, 3.05) is 19.8 Å². The van der Waals surface area contributed by atoms with Crippen LogP contribution >= 0.6 is 0 Å². The van der Waals surface area contributed by atoms with Crippen molar-refractivity contribution < 1.29 is 50.7 Å². The van der Waals surface area contributed by atoms with Gasteiger partial charge in [0.1, 0.15) is 36.6 Å². The fourth-order valence-corrected chi connectivity index (χ4v) is 2.63. The summed E-state index contributed by atoms with van der Waals surface area (Å²) in [4.78, 5) is 0. The van der Waals surface area contributed by atoms with E-state index in [0.29, 0.717) is 0 Å². The van der Waals surface area contributed by atoms with Gasteiger partial charge in [-0.2, -0.15) is 0 Å². The van der Waals surface area contributed by atoms with Gasteiger partial charge in [0, 0.05) is 12.5 Å². The number of rotatable bonds is 8. The third-order valence-corrected chi connectivity index (χ3v) is 4.15. The topological polar surface area (TPSA) is 191 Å². The Hall–Kier alpha value is -0.400. The lowest BCUT2D eigenvalue weighted by Gasteiger charge is -2.42. The van der Waals surface area contributed by atoms with Crippen LogP contribution in [0.15, 0.2) is 0 Å². The van der Waals surface area contributed by atoms with Crippen LogP contribution in [-0.2, 0) is 4.74 Å². The van der Waals surface area contributed by atoms with Gasteiger partial charge in [-0.05, 0) is 6.42 Å². The van der Waals surface area contributed by atoms with Crippen LogP contribution in [0, 0.1) is 5.92 Å². The lowest BCUT2D eigenvalue weighted by molar-refractivity contribution is -0.226. The second kappa shape index (κ2) is 9.18. The van der Waals surface area contributed by atoms with Crippen LogP contribution in [0.1, 0.15) is 6.42 Å². The Morgan fingerprint density at radius 3 is 1.87 bits per heavy atom. The number of hydrogen-bond acceptors (Lipinski definition) is 10. The maximum Gasteiger partial charge on any atom is 0.115 e. The summed E-state index contributed by atoms with van der Waals surface area (Å²) in [5.74, 6) is -0.801. The van der Waals surface area contributed by atoms with E-state index in [-0.39, 0.29) is 6.42 Å². The van der Waals surface area contributed by atoms with Crippen molar-refractivity contribution in [3.05, 3.63) is 0 Å². The first kappa shape index (κ1) is 20.6. The zero-order valence-electron chi connectivity index (χ0n) is 12.5. The van der Waals surface area contributed by atoms with Gasteiger partial charge >= 0.3 is 0 Å². The Balaban J connectivity index is 2.89. The highest BCUT2D eigenvalue weighted by molar-refractivity contribution is 4.95. The number of aliphatic hydroxyl groups excluding tert-OH is 9. The lowest BCUT2D eigenvalue weighted by Crippen LogP contribution is -2.58. The standard InChI is InChI=1S/C13H26O10/c14-2-5-1-8(11(21)12(22)9(5)19)23-13(7(18)4-16)10(20)6(17)3-15/h5-22H,1-4H2/t5-,6-,7-,8+,9-,10-,11+,12+,13-/m1/s1. The molecule has 0 aromatic heterocycles. The minimum atomic E-state index is -1.77. The van der Waals surface area contributed by atoms with E-state index < -0.39 is 74.6 Å². The summed E-state index contributed by atoms with van der Waals surface area (Å²) >= 11 is 0. The molecule has 10 nitrogen and oxygen atoms in total. The Bertz CT molecular complexity index is 341. The van der Waals surface area contributed by atoms with Crippen LogP contribution in [0.2, 0.25) is 0 Å². The van der Waals surface area contributed by atoms with E-state index in [1.54, 1.807) is 0 Å². The molecule has 1 saturated carbocycles.